The van der Waals surface area contributed by atoms with Gasteiger partial charge in [-0.25, -0.2) is 0 Å². The van der Waals surface area contributed by atoms with E-state index in [-0.39, 0.29) is 5.91 Å². The van der Waals surface area contributed by atoms with E-state index in [1.165, 1.54) is 31.4 Å². The van der Waals surface area contributed by atoms with Crippen LogP contribution in [0.2, 0.25) is 0 Å². The van der Waals surface area contributed by atoms with E-state index in [4.69, 9.17) is 0 Å². The third-order valence-corrected chi connectivity index (χ3v) is 4.99. The average molecular weight is 345 g/mol. The van der Waals surface area contributed by atoms with Gasteiger partial charge in [0.25, 0.3) is 5.91 Å². The zero-order valence-corrected chi connectivity index (χ0v) is 14.8. The molecule has 26 heavy (non-hydrogen) atoms. The van der Waals surface area contributed by atoms with Crippen LogP contribution in [-0.2, 0) is 0 Å². The van der Waals surface area contributed by atoms with Crippen molar-refractivity contribution in [2.24, 2.45) is 0 Å². The Labute approximate surface area is 153 Å². The Kier molecular flexibility index (Phi) is 4.82. The first-order valence-corrected chi connectivity index (χ1v) is 9.31. The smallest absolute Gasteiger partial charge is 0.274 e. The fourth-order valence-corrected chi connectivity index (χ4v) is 3.58. The molecule has 0 spiro atoms. The zero-order valence-electron chi connectivity index (χ0n) is 14.8. The summed E-state index contributed by atoms with van der Waals surface area (Å²) in [5.41, 5.74) is 2.48. The van der Waals surface area contributed by atoms with E-state index in [9.17, 15) is 4.79 Å². The summed E-state index contributed by atoms with van der Waals surface area (Å²) in [5, 5.41) is 4.86. The lowest BCUT2D eigenvalue weighted by molar-refractivity contribution is 0.102. The predicted octanol–water partition coefficient (Wildman–Crippen LogP) is 4.87. The van der Waals surface area contributed by atoms with Gasteiger partial charge in [-0.05, 0) is 48.6 Å². The van der Waals surface area contributed by atoms with Crippen LogP contribution in [0, 0.1) is 0 Å². The van der Waals surface area contributed by atoms with E-state index in [2.05, 4.69) is 27.3 Å². The van der Waals surface area contributed by atoms with Crippen LogP contribution in [0.5, 0.6) is 0 Å². The van der Waals surface area contributed by atoms with Gasteiger partial charge in [0.1, 0.15) is 5.69 Å². The van der Waals surface area contributed by atoms with Crippen molar-refractivity contribution in [3.63, 3.8) is 0 Å². The maximum absolute atomic E-state index is 12.7. The summed E-state index contributed by atoms with van der Waals surface area (Å²) in [6.45, 7) is 2.23. The molecule has 3 aromatic rings. The summed E-state index contributed by atoms with van der Waals surface area (Å²) in [7, 11) is 0. The number of aromatic nitrogens is 1. The van der Waals surface area contributed by atoms with Crippen LogP contribution in [0.3, 0.4) is 0 Å². The van der Waals surface area contributed by atoms with Gasteiger partial charge in [0.15, 0.2) is 0 Å². The van der Waals surface area contributed by atoms with Gasteiger partial charge in [-0.15, -0.1) is 0 Å². The first-order valence-electron chi connectivity index (χ1n) is 9.31. The molecule has 4 heteroatoms. The van der Waals surface area contributed by atoms with Gasteiger partial charge in [-0.1, -0.05) is 37.1 Å². The van der Waals surface area contributed by atoms with Crippen molar-refractivity contribution in [1.29, 1.82) is 0 Å². The van der Waals surface area contributed by atoms with Crippen LogP contribution in [0.4, 0.5) is 11.4 Å². The molecule has 2 aromatic carbocycles. The molecule has 0 bridgehead atoms. The summed E-state index contributed by atoms with van der Waals surface area (Å²) in [6.07, 6.45) is 6.83. The van der Waals surface area contributed by atoms with E-state index in [1.54, 1.807) is 6.20 Å². The van der Waals surface area contributed by atoms with E-state index >= 15 is 0 Å². The normalized spacial score (nSPS) is 14.8. The monoisotopic (exact) mass is 345 g/mol. The third-order valence-electron chi connectivity index (χ3n) is 4.99. The van der Waals surface area contributed by atoms with Crippen LogP contribution in [-0.4, -0.2) is 24.0 Å². The minimum Gasteiger partial charge on any atom is -0.372 e. The second-order valence-corrected chi connectivity index (χ2v) is 6.78. The molecule has 1 aliphatic rings. The number of anilines is 2. The highest BCUT2D eigenvalue weighted by Crippen LogP contribution is 2.22. The highest BCUT2D eigenvalue weighted by Gasteiger charge is 2.13. The SMILES string of the molecule is O=C(Nc1ccc(N2CCCCCC2)cc1)c1nccc2ccccc12. The average Bonchev–Trinajstić information content (AvgIpc) is 2.97. The van der Waals surface area contributed by atoms with E-state index in [1.807, 2.05) is 42.5 Å². The number of carbonyl (C=O) groups excluding carboxylic acids is 1. The van der Waals surface area contributed by atoms with Crippen LogP contribution in [0.1, 0.15) is 36.2 Å². The maximum Gasteiger partial charge on any atom is 0.274 e. The van der Waals surface area contributed by atoms with Gasteiger partial charge in [-0.2, -0.15) is 0 Å². The maximum atomic E-state index is 12.7. The Balaban J connectivity index is 1.50. The molecule has 0 saturated carbocycles. The number of hydrogen-bond acceptors (Lipinski definition) is 3. The number of rotatable bonds is 3. The molecule has 1 fully saturated rings. The quantitative estimate of drug-likeness (QED) is 0.737. The number of carbonyl (C=O) groups is 1. The van der Waals surface area contributed by atoms with Gasteiger partial charge < -0.3 is 10.2 Å². The van der Waals surface area contributed by atoms with Crippen LogP contribution < -0.4 is 10.2 Å². The molecule has 4 rings (SSSR count). The lowest BCUT2D eigenvalue weighted by Gasteiger charge is -2.22. The van der Waals surface area contributed by atoms with Crippen LogP contribution in [0.25, 0.3) is 10.8 Å². The Bertz CT molecular complexity index is 891. The summed E-state index contributed by atoms with van der Waals surface area (Å²) < 4.78 is 0. The molecule has 0 unspecified atom stereocenters. The molecule has 132 valence electrons. The van der Waals surface area contributed by atoms with Crippen molar-refractivity contribution < 1.29 is 4.79 Å². The van der Waals surface area contributed by atoms with Crippen LogP contribution in [0.15, 0.2) is 60.8 Å². The highest BCUT2D eigenvalue weighted by atomic mass is 16.1. The number of benzene rings is 2. The number of pyridine rings is 1. The number of amides is 1. The lowest BCUT2D eigenvalue weighted by atomic mass is 10.1. The Morgan fingerprint density at radius 1 is 0.885 bits per heavy atom. The minimum atomic E-state index is -0.177. The van der Waals surface area contributed by atoms with Crippen molar-refractivity contribution in [2.75, 3.05) is 23.3 Å². The number of nitrogens with one attached hydrogen (secondary N) is 1. The lowest BCUT2D eigenvalue weighted by Crippen LogP contribution is -2.23. The standard InChI is InChI=1S/C22H23N3O/c26-22(21-20-8-4-3-7-17(20)13-14-23-21)24-18-9-11-19(12-10-18)25-15-5-1-2-6-16-25/h3-4,7-14H,1-2,5-6,15-16H2,(H,24,26). The summed E-state index contributed by atoms with van der Waals surface area (Å²) in [4.78, 5) is 19.4. The molecular weight excluding hydrogens is 322 g/mol. The molecule has 0 atom stereocenters. The van der Waals surface area contributed by atoms with Crippen molar-refractivity contribution in [3.05, 3.63) is 66.5 Å². The molecule has 2 heterocycles. The molecule has 1 amide bonds. The Hall–Kier alpha value is -2.88. The van der Waals surface area contributed by atoms with Gasteiger partial charge in [0, 0.05) is 36.0 Å². The summed E-state index contributed by atoms with van der Waals surface area (Å²) in [6, 6.07) is 17.9. The largest absolute Gasteiger partial charge is 0.372 e. The molecule has 1 aromatic heterocycles. The number of nitrogens with zero attached hydrogens (tertiary/aromatic N) is 2. The molecular formula is C22H23N3O. The predicted molar refractivity (Wildman–Crippen MR) is 107 cm³/mol. The third kappa shape index (κ3) is 3.54. The fraction of sp³-hybridized carbons (Fsp3) is 0.273. The van der Waals surface area contributed by atoms with Crippen molar-refractivity contribution in [2.45, 2.75) is 25.7 Å². The molecule has 1 saturated heterocycles. The fourth-order valence-electron chi connectivity index (χ4n) is 3.58. The molecule has 0 aliphatic carbocycles. The van der Waals surface area contributed by atoms with Gasteiger partial charge in [-0.3, -0.25) is 9.78 Å². The van der Waals surface area contributed by atoms with Gasteiger partial charge in [0.2, 0.25) is 0 Å². The first-order chi connectivity index (χ1) is 12.8. The van der Waals surface area contributed by atoms with E-state index in [0.29, 0.717) is 5.69 Å². The van der Waals surface area contributed by atoms with Crippen molar-refractivity contribution in [3.8, 4) is 0 Å². The molecule has 1 N–H and O–H groups in total. The van der Waals surface area contributed by atoms with Crippen LogP contribution >= 0.6 is 0 Å². The van der Waals surface area contributed by atoms with Gasteiger partial charge >= 0.3 is 0 Å². The van der Waals surface area contributed by atoms with E-state index < -0.39 is 0 Å². The van der Waals surface area contributed by atoms with E-state index in [0.717, 1.165) is 29.5 Å². The molecule has 4 nitrogen and oxygen atoms in total. The second kappa shape index (κ2) is 7.56. The number of fused-ring (bicyclic) bond motifs is 1. The topological polar surface area (TPSA) is 45.2 Å². The summed E-state index contributed by atoms with van der Waals surface area (Å²) in [5.74, 6) is -0.177. The minimum absolute atomic E-state index is 0.177. The first kappa shape index (κ1) is 16.6. The highest BCUT2D eigenvalue weighted by molar-refractivity contribution is 6.11. The number of hydrogen-bond donors (Lipinski definition) is 1. The van der Waals surface area contributed by atoms with Crippen molar-refractivity contribution in [1.82, 2.24) is 4.98 Å². The van der Waals surface area contributed by atoms with Crippen molar-refractivity contribution >= 4 is 28.1 Å². The van der Waals surface area contributed by atoms with Gasteiger partial charge in [0.05, 0.1) is 0 Å². The second-order valence-electron chi connectivity index (χ2n) is 6.78. The Morgan fingerprint density at radius 3 is 2.38 bits per heavy atom. The molecule has 1 aliphatic heterocycles. The Morgan fingerprint density at radius 2 is 1.62 bits per heavy atom. The zero-order chi connectivity index (χ0) is 17.8. The molecule has 0 radical (unpaired) electrons. The summed E-state index contributed by atoms with van der Waals surface area (Å²) >= 11 is 0.